The minimum atomic E-state index is 0.199. The van der Waals surface area contributed by atoms with Crippen molar-refractivity contribution in [3.63, 3.8) is 0 Å². The smallest absolute Gasteiger partial charge is 0.0457 e. The molecule has 1 aromatic rings. The standard InChI is InChI=1S/C13H19N3.C2H6/c1-16-7-4-13(5-8-16)9-11-10(12(13)14)3-2-6-15-11;1-2/h2-3,6,12H,4-5,7-9,14H2,1H3;1-2H3/t12-;/m0./s1. The summed E-state index contributed by atoms with van der Waals surface area (Å²) in [5.74, 6) is 0. The van der Waals surface area contributed by atoms with Gasteiger partial charge in [0.1, 0.15) is 0 Å². The molecule has 100 valence electrons. The molecule has 2 N–H and O–H groups in total. The van der Waals surface area contributed by atoms with E-state index in [2.05, 4.69) is 23.0 Å². The second-order valence-corrected chi connectivity index (χ2v) is 5.36. The van der Waals surface area contributed by atoms with Gasteiger partial charge in [0.15, 0.2) is 0 Å². The second kappa shape index (κ2) is 5.37. The Bertz CT molecular complexity index is 394. The molecule has 1 fully saturated rings. The summed E-state index contributed by atoms with van der Waals surface area (Å²) in [6.07, 6.45) is 5.39. The van der Waals surface area contributed by atoms with E-state index in [1.807, 2.05) is 26.1 Å². The Kier molecular flexibility index (Phi) is 4.03. The van der Waals surface area contributed by atoms with Crippen molar-refractivity contribution >= 4 is 0 Å². The summed E-state index contributed by atoms with van der Waals surface area (Å²) in [5, 5.41) is 0. The number of nitrogens with zero attached hydrogens (tertiary/aromatic N) is 2. The van der Waals surface area contributed by atoms with Crippen LogP contribution in [0.5, 0.6) is 0 Å². The van der Waals surface area contributed by atoms with E-state index in [1.165, 1.54) is 37.2 Å². The van der Waals surface area contributed by atoms with Crippen molar-refractivity contribution in [2.24, 2.45) is 11.1 Å². The first-order chi connectivity index (χ1) is 8.71. The molecule has 2 aliphatic rings. The average molecular weight is 247 g/mol. The first-order valence-electron chi connectivity index (χ1n) is 7.09. The van der Waals surface area contributed by atoms with Crippen molar-refractivity contribution < 1.29 is 0 Å². The molecular weight excluding hydrogens is 222 g/mol. The van der Waals surface area contributed by atoms with E-state index in [1.54, 1.807) is 0 Å². The number of piperidine rings is 1. The lowest BCUT2D eigenvalue weighted by molar-refractivity contribution is 0.105. The summed E-state index contributed by atoms with van der Waals surface area (Å²) in [6.45, 7) is 6.34. The Balaban J connectivity index is 0.000000574. The highest BCUT2D eigenvalue weighted by atomic mass is 15.1. The van der Waals surface area contributed by atoms with Crippen LogP contribution in [0.4, 0.5) is 0 Å². The van der Waals surface area contributed by atoms with Crippen molar-refractivity contribution in [1.82, 2.24) is 9.88 Å². The van der Waals surface area contributed by atoms with Crippen LogP contribution in [-0.4, -0.2) is 30.0 Å². The van der Waals surface area contributed by atoms with Gasteiger partial charge in [0.05, 0.1) is 0 Å². The van der Waals surface area contributed by atoms with Gasteiger partial charge in [0, 0.05) is 17.9 Å². The van der Waals surface area contributed by atoms with Crippen LogP contribution < -0.4 is 5.73 Å². The van der Waals surface area contributed by atoms with Gasteiger partial charge in [-0.05, 0) is 56.4 Å². The summed E-state index contributed by atoms with van der Waals surface area (Å²) in [6, 6.07) is 4.36. The molecule has 18 heavy (non-hydrogen) atoms. The molecule has 2 heterocycles. The number of rotatable bonds is 0. The van der Waals surface area contributed by atoms with Crippen molar-refractivity contribution in [3.05, 3.63) is 29.6 Å². The molecule has 1 aliphatic carbocycles. The number of fused-ring (bicyclic) bond motifs is 1. The van der Waals surface area contributed by atoms with E-state index in [0.717, 1.165) is 6.42 Å². The third-order valence-corrected chi connectivity index (χ3v) is 4.42. The van der Waals surface area contributed by atoms with Crippen LogP contribution in [0, 0.1) is 5.41 Å². The maximum atomic E-state index is 6.44. The van der Waals surface area contributed by atoms with Gasteiger partial charge in [-0.3, -0.25) is 4.98 Å². The van der Waals surface area contributed by atoms with Crippen LogP contribution in [-0.2, 0) is 6.42 Å². The fourth-order valence-corrected chi connectivity index (χ4v) is 3.21. The van der Waals surface area contributed by atoms with E-state index in [-0.39, 0.29) is 6.04 Å². The quantitative estimate of drug-likeness (QED) is 0.765. The Morgan fingerprint density at radius 1 is 1.33 bits per heavy atom. The highest BCUT2D eigenvalue weighted by molar-refractivity contribution is 5.33. The Hall–Kier alpha value is -0.930. The van der Waals surface area contributed by atoms with Crippen molar-refractivity contribution in [1.29, 1.82) is 0 Å². The molecule has 3 nitrogen and oxygen atoms in total. The van der Waals surface area contributed by atoms with E-state index in [0.29, 0.717) is 5.41 Å². The summed E-state index contributed by atoms with van der Waals surface area (Å²) in [4.78, 5) is 6.88. The van der Waals surface area contributed by atoms with Gasteiger partial charge < -0.3 is 10.6 Å². The molecule has 3 rings (SSSR count). The van der Waals surface area contributed by atoms with Gasteiger partial charge in [-0.1, -0.05) is 19.9 Å². The zero-order valence-electron chi connectivity index (χ0n) is 11.8. The Morgan fingerprint density at radius 2 is 2.00 bits per heavy atom. The van der Waals surface area contributed by atoms with Crippen LogP contribution in [0.3, 0.4) is 0 Å². The number of aromatic nitrogens is 1. The second-order valence-electron chi connectivity index (χ2n) is 5.36. The minimum Gasteiger partial charge on any atom is -0.323 e. The molecule has 0 bridgehead atoms. The molecule has 0 radical (unpaired) electrons. The third-order valence-electron chi connectivity index (χ3n) is 4.42. The summed E-state index contributed by atoms with van der Waals surface area (Å²) in [7, 11) is 2.19. The fourth-order valence-electron chi connectivity index (χ4n) is 3.21. The highest BCUT2D eigenvalue weighted by Gasteiger charge is 2.45. The Labute approximate surface area is 110 Å². The van der Waals surface area contributed by atoms with Crippen molar-refractivity contribution in [3.8, 4) is 0 Å². The molecule has 3 heteroatoms. The average Bonchev–Trinajstić information content (AvgIpc) is 2.70. The largest absolute Gasteiger partial charge is 0.323 e. The van der Waals surface area contributed by atoms with Gasteiger partial charge in [-0.15, -0.1) is 0 Å². The zero-order valence-corrected chi connectivity index (χ0v) is 11.8. The van der Waals surface area contributed by atoms with Crippen LogP contribution in [0.25, 0.3) is 0 Å². The SMILES string of the molecule is CC.CN1CCC2(CC1)Cc1ncccc1[C@@H]2N. The number of nitrogens with two attached hydrogens (primary N) is 1. The Morgan fingerprint density at radius 3 is 2.61 bits per heavy atom. The molecule has 0 aromatic carbocycles. The van der Waals surface area contributed by atoms with Gasteiger partial charge in [0.25, 0.3) is 0 Å². The normalized spacial score (nSPS) is 25.4. The summed E-state index contributed by atoms with van der Waals surface area (Å²) < 4.78 is 0. The first-order valence-corrected chi connectivity index (χ1v) is 7.09. The molecule has 1 saturated heterocycles. The molecule has 1 aromatic heterocycles. The number of pyridine rings is 1. The van der Waals surface area contributed by atoms with Gasteiger partial charge in [-0.2, -0.15) is 0 Å². The van der Waals surface area contributed by atoms with Gasteiger partial charge in [-0.25, -0.2) is 0 Å². The number of hydrogen-bond donors (Lipinski definition) is 1. The summed E-state index contributed by atoms with van der Waals surface area (Å²) in [5.41, 5.74) is 9.26. The van der Waals surface area contributed by atoms with Crippen LogP contribution in [0.2, 0.25) is 0 Å². The maximum absolute atomic E-state index is 6.44. The molecule has 0 amide bonds. The highest BCUT2D eigenvalue weighted by Crippen LogP contribution is 2.49. The summed E-state index contributed by atoms with van der Waals surface area (Å²) >= 11 is 0. The molecule has 1 aliphatic heterocycles. The number of hydrogen-bond acceptors (Lipinski definition) is 3. The van der Waals surface area contributed by atoms with E-state index >= 15 is 0 Å². The van der Waals surface area contributed by atoms with Gasteiger partial charge >= 0.3 is 0 Å². The lowest BCUT2D eigenvalue weighted by Gasteiger charge is -2.40. The lowest BCUT2D eigenvalue weighted by atomic mass is 9.73. The van der Waals surface area contributed by atoms with Gasteiger partial charge in [0.2, 0.25) is 0 Å². The van der Waals surface area contributed by atoms with E-state index in [4.69, 9.17) is 5.73 Å². The topological polar surface area (TPSA) is 42.2 Å². The predicted octanol–water partition coefficient (Wildman–Crippen LogP) is 2.38. The van der Waals surface area contributed by atoms with Crippen LogP contribution in [0.1, 0.15) is 44.0 Å². The number of likely N-dealkylation sites (tertiary alicyclic amines) is 1. The van der Waals surface area contributed by atoms with Crippen molar-refractivity contribution in [2.45, 2.75) is 39.2 Å². The van der Waals surface area contributed by atoms with Crippen LogP contribution in [0.15, 0.2) is 18.3 Å². The lowest BCUT2D eigenvalue weighted by Crippen LogP contribution is -2.42. The predicted molar refractivity (Wildman–Crippen MR) is 75.4 cm³/mol. The zero-order chi connectivity index (χ0) is 13.2. The minimum absolute atomic E-state index is 0.199. The molecule has 0 saturated carbocycles. The monoisotopic (exact) mass is 247 g/mol. The van der Waals surface area contributed by atoms with E-state index < -0.39 is 0 Å². The van der Waals surface area contributed by atoms with Crippen molar-refractivity contribution in [2.75, 3.05) is 20.1 Å². The first kappa shape index (κ1) is 13.5. The molecule has 1 atom stereocenters. The van der Waals surface area contributed by atoms with Crippen LogP contribution >= 0.6 is 0 Å². The van der Waals surface area contributed by atoms with E-state index in [9.17, 15) is 0 Å². The molecular formula is C15H25N3. The third kappa shape index (κ3) is 2.17. The maximum Gasteiger partial charge on any atom is 0.0457 e. The molecule has 0 unspecified atom stereocenters. The molecule has 1 spiro atoms. The fraction of sp³-hybridized carbons (Fsp3) is 0.667.